The van der Waals surface area contributed by atoms with Gasteiger partial charge in [-0.2, -0.15) is 0 Å². The lowest BCUT2D eigenvalue weighted by Gasteiger charge is -2.09. The fraction of sp³-hybridized carbons (Fsp3) is 0.0769. The van der Waals surface area contributed by atoms with E-state index in [-0.39, 0.29) is 17.1 Å². The van der Waals surface area contributed by atoms with Crippen LogP contribution >= 0.6 is 0 Å². The van der Waals surface area contributed by atoms with Crippen LogP contribution in [0, 0.1) is 36.3 Å². The molecule has 4 rings (SSSR count). The van der Waals surface area contributed by atoms with E-state index in [2.05, 4.69) is 22.5 Å². The molecule has 31 heavy (non-hydrogen) atoms. The van der Waals surface area contributed by atoms with Gasteiger partial charge in [-0.25, -0.2) is 8.78 Å². The number of halogens is 2. The van der Waals surface area contributed by atoms with Gasteiger partial charge in [-0.1, -0.05) is 36.1 Å². The van der Waals surface area contributed by atoms with Gasteiger partial charge in [-0.05, 0) is 35.0 Å². The van der Waals surface area contributed by atoms with E-state index in [9.17, 15) is 13.9 Å². The Morgan fingerprint density at radius 2 is 1.29 bits per heavy atom. The van der Waals surface area contributed by atoms with E-state index in [1.165, 1.54) is 18.2 Å². The molecule has 0 unspecified atom stereocenters. The normalized spacial score (nSPS) is 10.0. The average molecular weight is 414 g/mol. The Labute approximate surface area is 179 Å². The number of terminal acetylenes is 2. The zero-order chi connectivity index (χ0) is 22.5. The predicted molar refractivity (Wildman–Crippen MR) is 124 cm³/mol. The first-order valence-electron chi connectivity index (χ1n) is 9.40. The number of benzene rings is 4. The molecule has 0 aliphatic rings. The molecule has 0 saturated carbocycles. The molecule has 0 spiro atoms. The quantitative estimate of drug-likeness (QED) is 0.368. The minimum absolute atomic E-state index is 0.117. The fourth-order valence-electron chi connectivity index (χ4n) is 3.47. The van der Waals surface area contributed by atoms with Crippen LogP contribution in [0.3, 0.4) is 0 Å². The van der Waals surface area contributed by atoms with E-state index in [4.69, 9.17) is 12.8 Å². The SMILES string of the molecule is C#Cc1c(F)ccc2cc(O)cc(NC)c12.C#Cc1c(F)ccc2cccc(NC)c12. The van der Waals surface area contributed by atoms with E-state index < -0.39 is 5.82 Å². The monoisotopic (exact) mass is 414 g/mol. The minimum atomic E-state index is -0.433. The number of rotatable bonds is 2. The van der Waals surface area contributed by atoms with Crippen molar-refractivity contribution < 1.29 is 13.9 Å². The number of fused-ring (bicyclic) bond motifs is 2. The Balaban J connectivity index is 0.000000176. The van der Waals surface area contributed by atoms with Crippen LogP contribution in [0.2, 0.25) is 0 Å². The summed E-state index contributed by atoms with van der Waals surface area (Å²) in [6.07, 6.45) is 10.6. The van der Waals surface area contributed by atoms with Crippen LogP contribution in [-0.4, -0.2) is 19.2 Å². The molecule has 0 aliphatic heterocycles. The third kappa shape index (κ3) is 4.08. The second-order valence-corrected chi connectivity index (χ2v) is 6.63. The molecule has 3 nitrogen and oxygen atoms in total. The van der Waals surface area contributed by atoms with Crippen LogP contribution in [0.1, 0.15) is 11.1 Å². The topological polar surface area (TPSA) is 44.3 Å². The van der Waals surface area contributed by atoms with Gasteiger partial charge >= 0.3 is 0 Å². The summed E-state index contributed by atoms with van der Waals surface area (Å²) in [7, 11) is 3.49. The van der Waals surface area contributed by atoms with Crippen molar-refractivity contribution in [3.8, 4) is 30.4 Å². The molecule has 3 N–H and O–H groups in total. The van der Waals surface area contributed by atoms with Crippen LogP contribution in [0.5, 0.6) is 5.75 Å². The highest BCUT2D eigenvalue weighted by Crippen LogP contribution is 2.32. The number of anilines is 2. The maximum absolute atomic E-state index is 13.5. The standard InChI is InChI=1S/C13H10FNO.C13H10FN/c1-3-10-11(14)5-4-8-6-9(16)7-12(15-2)13(8)10;1-3-10-11(14)8-7-9-5-4-6-12(15-2)13(9)10/h1,4-7,15-16H,2H3;1,4-8,15H,2H3. The van der Waals surface area contributed by atoms with Crippen LogP contribution < -0.4 is 10.6 Å². The number of phenols is 1. The Hall–Kier alpha value is -4.22. The van der Waals surface area contributed by atoms with Gasteiger partial charge in [0.05, 0.1) is 11.1 Å². The summed E-state index contributed by atoms with van der Waals surface area (Å²) in [5.41, 5.74) is 1.99. The highest BCUT2D eigenvalue weighted by molar-refractivity contribution is 6.00. The highest BCUT2D eigenvalue weighted by Gasteiger charge is 2.10. The van der Waals surface area contributed by atoms with E-state index >= 15 is 0 Å². The third-order valence-corrected chi connectivity index (χ3v) is 4.87. The molecule has 0 bridgehead atoms. The third-order valence-electron chi connectivity index (χ3n) is 4.87. The average Bonchev–Trinajstić information content (AvgIpc) is 2.78. The van der Waals surface area contributed by atoms with Gasteiger partial charge in [0.25, 0.3) is 0 Å². The van der Waals surface area contributed by atoms with Crippen molar-refractivity contribution in [1.29, 1.82) is 0 Å². The van der Waals surface area contributed by atoms with Gasteiger partial charge in [-0.3, -0.25) is 0 Å². The van der Waals surface area contributed by atoms with Crippen molar-refractivity contribution in [2.45, 2.75) is 0 Å². The van der Waals surface area contributed by atoms with Crippen molar-refractivity contribution >= 4 is 32.9 Å². The number of nitrogens with one attached hydrogen (secondary N) is 2. The minimum Gasteiger partial charge on any atom is -0.508 e. The Morgan fingerprint density at radius 3 is 1.84 bits per heavy atom. The number of hydrogen-bond donors (Lipinski definition) is 3. The van der Waals surface area contributed by atoms with Crippen molar-refractivity contribution in [2.75, 3.05) is 24.7 Å². The molecular weight excluding hydrogens is 394 g/mol. The lowest BCUT2D eigenvalue weighted by atomic mass is 10.0. The van der Waals surface area contributed by atoms with E-state index in [0.29, 0.717) is 22.0 Å². The van der Waals surface area contributed by atoms with Crippen LogP contribution in [-0.2, 0) is 0 Å². The van der Waals surface area contributed by atoms with Crippen molar-refractivity contribution in [1.82, 2.24) is 0 Å². The summed E-state index contributed by atoms with van der Waals surface area (Å²) in [5.74, 6) is 4.06. The molecule has 0 atom stereocenters. The smallest absolute Gasteiger partial charge is 0.139 e. The van der Waals surface area contributed by atoms with Crippen LogP contribution in [0.25, 0.3) is 21.5 Å². The molecule has 0 heterocycles. The molecule has 4 aromatic carbocycles. The van der Waals surface area contributed by atoms with Gasteiger partial charge in [-0.15, -0.1) is 12.8 Å². The maximum atomic E-state index is 13.5. The summed E-state index contributed by atoms with van der Waals surface area (Å²) in [6, 6.07) is 14.8. The summed E-state index contributed by atoms with van der Waals surface area (Å²) < 4.78 is 27.0. The molecule has 4 aromatic rings. The van der Waals surface area contributed by atoms with E-state index in [0.717, 1.165) is 16.5 Å². The predicted octanol–water partition coefficient (Wildman–Crippen LogP) is 5.71. The lowest BCUT2D eigenvalue weighted by Crippen LogP contribution is -1.94. The van der Waals surface area contributed by atoms with E-state index in [1.54, 1.807) is 32.3 Å². The first-order valence-corrected chi connectivity index (χ1v) is 9.40. The molecule has 0 amide bonds. The fourth-order valence-corrected chi connectivity index (χ4v) is 3.47. The Bertz CT molecular complexity index is 1360. The van der Waals surface area contributed by atoms with Crippen molar-refractivity contribution in [3.63, 3.8) is 0 Å². The van der Waals surface area contributed by atoms with Gasteiger partial charge < -0.3 is 15.7 Å². The van der Waals surface area contributed by atoms with Crippen molar-refractivity contribution in [3.05, 3.63) is 77.4 Å². The molecule has 0 saturated heterocycles. The van der Waals surface area contributed by atoms with Gasteiger partial charge in [0.1, 0.15) is 17.4 Å². The molecular formula is C26H20F2N2O. The molecule has 0 aliphatic carbocycles. The van der Waals surface area contributed by atoms with Gasteiger partial charge in [0.15, 0.2) is 0 Å². The molecule has 0 radical (unpaired) electrons. The first-order chi connectivity index (χ1) is 14.9. The van der Waals surface area contributed by atoms with Crippen LogP contribution in [0.4, 0.5) is 20.2 Å². The van der Waals surface area contributed by atoms with Crippen LogP contribution in [0.15, 0.2) is 54.6 Å². The summed E-state index contributed by atoms with van der Waals surface area (Å²) in [4.78, 5) is 0. The maximum Gasteiger partial charge on any atom is 0.139 e. The zero-order valence-electron chi connectivity index (χ0n) is 17.1. The summed E-state index contributed by atoms with van der Waals surface area (Å²) >= 11 is 0. The Morgan fingerprint density at radius 1 is 0.742 bits per heavy atom. The first kappa shape index (κ1) is 21.5. The zero-order valence-corrected chi connectivity index (χ0v) is 17.1. The highest BCUT2D eigenvalue weighted by atomic mass is 19.1. The summed E-state index contributed by atoms with van der Waals surface area (Å²) in [5, 5.41) is 18.4. The lowest BCUT2D eigenvalue weighted by molar-refractivity contribution is 0.476. The molecule has 0 fully saturated rings. The second-order valence-electron chi connectivity index (χ2n) is 6.63. The largest absolute Gasteiger partial charge is 0.508 e. The summed E-state index contributed by atoms with van der Waals surface area (Å²) in [6.45, 7) is 0. The molecule has 0 aromatic heterocycles. The number of hydrogen-bond acceptors (Lipinski definition) is 3. The van der Waals surface area contributed by atoms with Gasteiger partial charge in [0.2, 0.25) is 0 Å². The Kier molecular flexibility index (Phi) is 6.29. The number of aromatic hydroxyl groups is 1. The van der Waals surface area contributed by atoms with Crippen molar-refractivity contribution in [2.24, 2.45) is 0 Å². The molecule has 154 valence electrons. The molecule has 5 heteroatoms. The number of phenolic OH excluding ortho intramolecular Hbond substituents is 1. The van der Waals surface area contributed by atoms with E-state index in [1.807, 2.05) is 18.2 Å². The second kappa shape index (κ2) is 9.07. The van der Waals surface area contributed by atoms with Gasteiger partial charge in [0, 0.05) is 42.3 Å².